The van der Waals surface area contributed by atoms with Gasteiger partial charge in [-0.25, -0.2) is 0 Å². The van der Waals surface area contributed by atoms with Crippen molar-refractivity contribution in [3.8, 4) is 0 Å². The van der Waals surface area contributed by atoms with Gasteiger partial charge in [-0.05, 0) is 68.4 Å². The van der Waals surface area contributed by atoms with Gasteiger partial charge in [-0.1, -0.05) is 44.2 Å². The Morgan fingerprint density at radius 3 is 2.58 bits per heavy atom. The van der Waals surface area contributed by atoms with Crippen LogP contribution in [0.2, 0.25) is 0 Å². The molecule has 0 spiro atoms. The Hall–Kier alpha value is -0.860. The van der Waals surface area contributed by atoms with Crippen molar-refractivity contribution >= 4 is 0 Å². The lowest BCUT2D eigenvalue weighted by molar-refractivity contribution is -0.0248. The highest BCUT2D eigenvalue weighted by Crippen LogP contribution is 2.44. The fourth-order valence-corrected chi connectivity index (χ4v) is 4.29. The largest absolute Gasteiger partial charge is 0.381 e. The Morgan fingerprint density at radius 1 is 1.12 bits per heavy atom. The zero-order valence-electron chi connectivity index (χ0n) is 15.8. The highest BCUT2D eigenvalue weighted by molar-refractivity contribution is 5.15. The van der Waals surface area contributed by atoms with Crippen LogP contribution in [0.4, 0.5) is 0 Å². The highest BCUT2D eigenvalue weighted by atomic mass is 16.5. The van der Waals surface area contributed by atoms with Crippen LogP contribution in [-0.2, 0) is 11.3 Å². The normalized spacial score (nSPS) is 31.3. The van der Waals surface area contributed by atoms with Gasteiger partial charge in [-0.15, -0.1) is 0 Å². The van der Waals surface area contributed by atoms with Gasteiger partial charge in [0.15, 0.2) is 0 Å². The van der Waals surface area contributed by atoms with Crippen molar-refractivity contribution in [1.29, 1.82) is 0 Å². The third kappa shape index (κ3) is 4.40. The van der Waals surface area contributed by atoms with Crippen LogP contribution >= 0.6 is 0 Å². The number of piperidine rings is 1. The molecule has 0 amide bonds. The van der Waals surface area contributed by atoms with Crippen LogP contribution in [0, 0.1) is 17.3 Å². The van der Waals surface area contributed by atoms with Crippen molar-refractivity contribution < 1.29 is 4.74 Å². The monoisotopic (exact) mass is 329 g/mol. The Bertz CT molecular complexity index is 498. The Morgan fingerprint density at radius 2 is 1.88 bits per heavy atom. The molecule has 3 atom stereocenters. The highest BCUT2D eigenvalue weighted by Gasteiger charge is 2.42. The third-order valence-electron chi connectivity index (χ3n) is 6.76. The number of benzene rings is 1. The van der Waals surface area contributed by atoms with Crippen LogP contribution in [0.5, 0.6) is 0 Å². The van der Waals surface area contributed by atoms with E-state index in [0.717, 1.165) is 31.6 Å². The molecule has 1 aromatic carbocycles. The van der Waals surface area contributed by atoms with E-state index in [9.17, 15) is 0 Å². The van der Waals surface area contributed by atoms with Crippen LogP contribution in [0.1, 0.15) is 58.4 Å². The lowest BCUT2D eigenvalue weighted by Crippen LogP contribution is -2.52. The van der Waals surface area contributed by atoms with E-state index >= 15 is 0 Å². The summed E-state index contributed by atoms with van der Waals surface area (Å²) >= 11 is 0. The SMILES string of the molecule is CC1CCN(Cc2ccccc2)C(C)C1(C)CCCOCC1CC1. The number of hydrogen-bond acceptors (Lipinski definition) is 2. The molecule has 2 nitrogen and oxygen atoms in total. The van der Waals surface area contributed by atoms with Gasteiger partial charge < -0.3 is 4.74 Å². The summed E-state index contributed by atoms with van der Waals surface area (Å²) in [4.78, 5) is 2.69. The van der Waals surface area contributed by atoms with E-state index < -0.39 is 0 Å². The van der Waals surface area contributed by atoms with Gasteiger partial charge in [0.25, 0.3) is 0 Å². The maximum atomic E-state index is 5.87. The maximum absolute atomic E-state index is 5.87. The van der Waals surface area contributed by atoms with E-state index in [1.807, 2.05) is 0 Å². The summed E-state index contributed by atoms with van der Waals surface area (Å²) < 4.78 is 5.87. The minimum Gasteiger partial charge on any atom is -0.381 e. The quantitative estimate of drug-likeness (QED) is 0.613. The first kappa shape index (κ1) is 17.9. The number of rotatable bonds is 8. The van der Waals surface area contributed by atoms with Crippen LogP contribution in [0.15, 0.2) is 30.3 Å². The van der Waals surface area contributed by atoms with Crippen molar-refractivity contribution in [3.63, 3.8) is 0 Å². The Labute approximate surface area is 148 Å². The molecule has 1 saturated carbocycles. The molecular weight excluding hydrogens is 294 g/mol. The van der Waals surface area contributed by atoms with Crippen LogP contribution in [0.25, 0.3) is 0 Å². The van der Waals surface area contributed by atoms with E-state index in [0.29, 0.717) is 11.5 Å². The van der Waals surface area contributed by atoms with Crippen LogP contribution in [-0.4, -0.2) is 30.7 Å². The van der Waals surface area contributed by atoms with E-state index in [4.69, 9.17) is 4.74 Å². The zero-order valence-corrected chi connectivity index (χ0v) is 15.8. The van der Waals surface area contributed by atoms with Gasteiger partial charge in [0, 0.05) is 25.8 Å². The van der Waals surface area contributed by atoms with E-state index in [-0.39, 0.29) is 0 Å². The lowest BCUT2D eigenvalue weighted by atomic mass is 9.65. The smallest absolute Gasteiger partial charge is 0.0494 e. The van der Waals surface area contributed by atoms with Crippen molar-refractivity contribution in [1.82, 2.24) is 4.90 Å². The number of nitrogens with zero attached hydrogens (tertiary/aromatic N) is 1. The molecule has 2 aliphatic rings. The van der Waals surface area contributed by atoms with Gasteiger partial charge in [0.05, 0.1) is 0 Å². The average molecular weight is 330 g/mol. The van der Waals surface area contributed by atoms with Gasteiger partial charge in [0.1, 0.15) is 0 Å². The summed E-state index contributed by atoms with van der Waals surface area (Å²) in [6, 6.07) is 11.6. The molecule has 2 fully saturated rings. The number of likely N-dealkylation sites (tertiary alicyclic amines) is 1. The maximum Gasteiger partial charge on any atom is 0.0494 e. The fourth-order valence-electron chi connectivity index (χ4n) is 4.29. The first-order valence-electron chi connectivity index (χ1n) is 9.95. The molecule has 0 radical (unpaired) electrons. The van der Waals surface area contributed by atoms with E-state index in [1.165, 1.54) is 44.2 Å². The fraction of sp³-hybridized carbons (Fsp3) is 0.727. The van der Waals surface area contributed by atoms with E-state index in [1.54, 1.807) is 0 Å². The topological polar surface area (TPSA) is 12.5 Å². The van der Waals surface area contributed by atoms with Crippen molar-refractivity contribution in [2.45, 2.75) is 65.5 Å². The first-order valence-corrected chi connectivity index (χ1v) is 9.95. The summed E-state index contributed by atoms with van der Waals surface area (Å²) in [5.41, 5.74) is 1.84. The first-order chi connectivity index (χ1) is 11.6. The molecule has 1 saturated heterocycles. The summed E-state index contributed by atoms with van der Waals surface area (Å²) in [5, 5.41) is 0. The molecule has 1 heterocycles. The molecule has 0 N–H and O–H groups in total. The molecule has 134 valence electrons. The van der Waals surface area contributed by atoms with Crippen molar-refractivity contribution in [2.75, 3.05) is 19.8 Å². The van der Waals surface area contributed by atoms with Gasteiger partial charge in [0.2, 0.25) is 0 Å². The Kier molecular flexibility index (Phi) is 5.99. The van der Waals surface area contributed by atoms with E-state index in [2.05, 4.69) is 56.0 Å². The molecule has 1 aliphatic heterocycles. The van der Waals surface area contributed by atoms with Crippen molar-refractivity contribution in [3.05, 3.63) is 35.9 Å². The zero-order chi connectivity index (χ0) is 17.0. The molecule has 2 heteroatoms. The number of ether oxygens (including phenoxy) is 1. The third-order valence-corrected chi connectivity index (χ3v) is 6.76. The predicted octanol–water partition coefficient (Wildman–Crippen LogP) is 5.13. The number of hydrogen-bond donors (Lipinski definition) is 0. The summed E-state index contributed by atoms with van der Waals surface area (Å²) in [6.07, 6.45) is 6.58. The molecule has 0 aromatic heterocycles. The minimum atomic E-state index is 0.399. The van der Waals surface area contributed by atoms with Gasteiger partial charge in [-0.2, -0.15) is 0 Å². The van der Waals surface area contributed by atoms with Crippen LogP contribution < -0.4 is 0 Å². The minimum absolute atomic E-state index is 0.399. The second kappa shape index (κ2) is 8.01. The van der Waals surface area contributed by atoms with Gasteiger partial charge >= 0.3 is 0 Å². The average Bonchev–Trinajstić information content (AvgIpc) is 3.41. The molecule has 1 aliphatic carbocycles. The summed E-state index contributed by atoms with van der Waals surface area (Å²) in [7, 11) is 0. The second-order valence-corrected chi connectivity index (χ2v) is 8.45. The molecule has 24 heavy (non-hydrogen) atoms. The summed E-state index contributed by atoms with van der Waals surface area (Å²) in [6.45, 7) is 11.7. The van der Waals surface area contributed by atoms with Gasteiger partial charge in [-0.3, -0.25) is 4.90 Å². The molecule has 1 aromatic rings. The molecular formula is C22H35NO. The second-order valence-electron chi connectivity index (χ2n) is 8.45. The standard InChI is InChI=1S/C22H35NO/c1-18-12-14-23(16-20-8-5-4-6-9-20)19(2)22(18,3)13-7-15-24-17-21-10-11-21/h4-6,8-9,18-19,21H,7,10-17H2,1-3H3. The molecule has 3 unspecified atom stereocenters. The van der Waals surface area contributed by atoms with Crippen molar-refractivity contribution in [2.24, 2.45) is 17.3 Å². The predicted molar refractivity (Wildman–Crippen MR) is 101 cm³/mol. The molecule has 3 rings (SSSR count). The Balaban J connectivity index is 1.53. The summed E-state index contributed by atoms with van der Waals surface area (Å²) in [5.74, 6) is 1.68. The van der Waals surface area contributed by atoms with Crippen LogP contribution in [0.3, 0.4) is 0 Å². The molecule has 0 bridgehead atoms. The lowest BCUT2D eigenvalue weighted by Gasteiger charge is -2.51.